The quantitative estimate of drug-likeness (QED) is 0.787. The van der Waals surface area contributed by atoms with E-state index in [0.717, 1.165) is 24.3 Å². The SMILES string of the molecule is CCc1oc(C(=O)[O-])cc1C[NH+]1CCCCC1. The molecule has 0 spiro atoms. The number of piperidine rings is 1. The van der Waals surface area contributed by atoms with E-state index >= 15 is 0 Å². The number of likely N-dealkylation sites (tertiary alicyclic amines) is 1. The second kappa shape index (κ2) is 5.36. The molecule has 0 saturated carbocycles. The summed E-state index contributed by atoms with van der Waals surface area (Å²) in [6, 6.07) is 1.63. The summed E-state index contributed by atoms with van der Waals surface area (Å²) < 4.78 is 5.29. The fourth-order valence-corrected chi connectivity index (χ4v) is 2.51. The molecule has 4 nitrogen and oxygen atoms in total. The first-order chi connectivity index (χ1) is 8.20. The molecule has 1 N–H and O–H groups in total. The van der Waals surface area contributed by atoms with Gasteiger partial charge in [-0.05, 0) is 25.3 Å². The van der Waals surface area contributed by atoms with Crippen molar-refractivity contribution in [2.24, 2.45) is 0 Å². The van der Waals surface area contributed by atoms with Gasteiger partial charge in [0.15, 0.2) is 0 Å². The molecule has 1 aromatic heterocycles. The van der Waals surface area contributed by atoms with Crippen molar-refractivity contribution >= 4 is 5.97 Å². The third kappa shape index (κ3) is 2.88. The van der Waals surface area contributed by atoms with Crippen molar-refractivity contribution in [2.45, 2.75) is 39.2 Å². The Balaban J connectivity index is 2.10. The monoisotopic (exact) mass is 237 g/mol. The van der Waals surface area contributed by atoms with Crippen LogP contribution in [0.4, 0.5) is 0 Å². The first-order valence-corrected chi connectivity index (χ1v) is 6.37. The van der Waals surface area contributed by atoms with Gasteiger partial charge in [0, 0.05) is 12.0 Å². The molecule has 0 bridgehead atoms. The van der Waals surface area contributed by atoms with E-state index in [-0.39, 0.29) is 5.76 Å². The molecule has 17 heavy (non-hydrogen) atoms. The van der Waals surface area contributed by atoms with E-state index in [2.05, 4.69) is 0 Å². The highest BCUT2D eigenvalue weighted by Crippen LogP contribution is 2.15. The molecule has 1 aromatic rings. The molecule has 2 rings (SSSR count). The van der Waals surface area contributed by atoms with Crippen LogP contribution in [0.15, 0.2) is 10.5 Å². The van der Waals surface area contributed by atoms with Gasteiger partial charge in [0.25, 0.3) is 0 Å². The van der Waals surface area contributed by atoms with Crippen molar-refractivity contribution < 1.29 is 19.2 Å². The Hall–Kier alpha value is -1.29. The Bertz CT molecular complexity index is 391. The highest BCUT2D eigenvalue weighted by Gasteiger charge is 2.18. The van der Waals surface area contributed by atoms with Crippen LogP contribution in [0.1, 0.15) is 48.1 Å². The van der Waals surface area contributed by atoms with E-state index < -0.39 is 5.97 Å². The normalized spacial score (nSPS) is 17.2. The number of hydrogen-bond acceptors (Lipinski definition) is 3. The summed E-state index contributed by atoms with van der Waals surface area (Å²) in [5, 5.41) is 10.8. The smallest absolute Gasteiger partial charge is 0.150 e. The molecule has 0 atom stereocenters. The minimum atomic E-state index is -1.22. The third-order valence-electron chi connectivity index (χ3n) is 3.42. The van der Waals surface area contributed by atoms with Crippen molar-refractivity contribution in [1.29, 1.82) is 0 Å². The predicted octanol–water partition coefficient (Wildman–Crippen LogP) is -0.226. The van der Waals surface area contributed by atoms with Crippen LogP contribution in [0.3, 0.4) is 0 Å². The Labute approximate surface area is 101 Å². The van der Waals surface area contributed by atoms with E-state index in [4.69, 9.17) is 4.42 Å². The number of rotatable bonds is 4. The van der Waals surface area contributed by atoms with E-state index in [1.165, 1.54) is 37.3 Å². The number of quaternary nitrogens is 1. The average Bonchev–Trinajstić information content (AvgIpc) is 2.74. The summed E-state index contributed by atoms with van der Waals surface area (Å²) in [6.45, 7) is 5.21. The summed E-state index contributed by atoms with van der Waals surface area (Å²) in [6.07, 6.45) is 4.58. The van der Waals surface area contributed by atoms with Crippen molar-refractivity contribution in [2.75, 3.05) is 13.1 Å². The highest BCUT2D eigenvalue weighted by molar-refractivity contribution is 5.82. The van der Waals surface area contributed by atoms with Gasteiger partial charge in [-0.2, -0.15) is 0 Å². The fourth-order valence-electron chi connectivity index (χ4n) is 2.51. The first-order valence-electron chi connectivity index (χ1n) is 6.37. The van der Waals surface area contributed by atoms with Crippen molar-refractivity contribution in [3.05, 3.63) is 23.2 Å². The number of carbonyl (C=O) groups is 1. The second-order valence-electron chi connectivity index (χ2n) is 4.69. The van der Waals surface area contributed by atoms with Gasteiger partial charge in [0.05, 0.1) is 13.1 Å². The number of carboxylic acid groups (broad SMARTS) is 1. The Morgan fingerprint density at radius 3 is 2.71 bits per heavy atom. The van der Waals surface area contributed by atoms with Gasteiger partial charge >= 0.3 is 0 Å². The largest absolute Gasteiger partial charge is 0.542 e. The zero-order valence-corrected chi connectivity index (χ0v) is 10.3. The number of carbonyl (C=O) groups excluding carboxylic acids is 1. The number of furan rings is 1. The maximum absolute atomic E-state index is 10.8. The minimum Gasteiger partial charge on any atom is -0.542 e. The van der Waals surface area contributed by atoms with Gasteiger partial charge in [-0.25, -0.2) is 0 Å². The van der Waals surface area contributed by atoms with Gasteiger partial charge in [-0.1, -0.05) is 6.92 Å². The van der Waals surface area contributed by atoms with E-state index in [9.17, 15) is 9.90 Å². The molecule has 0 radical (unpaired) electrons. The lowest BCUT2D eigenvalue weighted by Crippen LogP contribution is -3.11. The van der Waals surface area contributed by atoms with Crippen molar-refractivity contribution in [3.8, 4) is 0 Å². The molecule has 1 aliphatic rings. The molecule has 1 aliphatic heterocycles. The Kier molecular flexibility index (Phi) is 3.84. The maximum Gasteiger partial charge on any atom is 0.150 e. The molecule has 0 amide bonds. The Morgan fingerprint density at radius 2 is 2.12 bits per heavy atom. The van der Waals surface area contributed by atoms with Crippen LogP contribution in [0.2, 0.25) is 0 Å². The van der Waals surface area contributed by atoms with Crippen molar-refractivity contribution in [1.82, 2.24) is 0 Å². The van der Waals surface area contributed by atoms with Crippen LogP contribution < -0.4 is 10.0 Å². The molecule has 0 aliphatic carbocycles. The van der Waals surface area contributed by atoms with Gasteiger partial charge in [-0.3, -0.25) is 0 Å². The molecule has 94 valence electrons. The topological polar surface area (TPSA) is 57.7 Å². The van der Waals surface area contributed by atoms with Crippen LogP contribution in [0.5, 0.6) is 0 Å². The first kappa shape index (κ1) is 12.2. The van der Waals surface area contributed by atoms with Crippen molar-refractivity contribution in [3.63, 3.8) is 0 Å². The van der Waals surface area contributed by atoms with Crippen LogP contribution in [-0.4, -0.2) is 19.1 Å². The number of hydrogen-bond donors (Lipinski definition) is 1. The number of aromatic carboxylic acids is 1. The highest BCUT2D eigenvalue weighted by atomic mass is 16.4. The van der Waals surface area contributed by atoms with E-state index in [0.29, 0.717) is 0 Å². The summed E-state index contributed by atoms with van der Waals surface area (Å²) in [5.41, 5.74) is 1.03. The Morgan fingerprint density at radius 1 is 1.41 bits per heavy atom. The number of aryl methyl sites for hydroxylation is 1. The maximum atomic E-state index is 10.8. The van der Waals surface area contributed by atoms with Gasteiger partial charge in [0.1, 0.15) is 24.0 Å². The minimum absolute atomic E-state index is 0.0340. The van der Waals surface area contributed by atoms with Crippen LogP contribution in [-0.2, 0) is 13.0 Å². The second-order valence-corrected chi connectivity index (χ2v) is 4.69. The zero-order chi connectivity index (χ0) is 12.3. The third-order valence-corrected chi connectivity index (χ3v) is 3.42. The van der Waals surface area contributed by atoms with Crippen LogP contribution in [0.25, 0.3) is 0 Å². The van der Waals surface area contributed by atoms with Gasteiger partial charge in [-0.15, -0.1) is 0 Å². The van der Waals surface area contributed by atoms with Crippen LogP contribution >= 0.6 is 0 Å². The molecular weight excluding hydrogens is 218 g/mol. The summed E-state index contributed by atoms with van der Waals surface area (Å²) in [5.74, 6) is -0.463. The van der Waals surface area contributed by atoms with E-state index in [1.54, 1.807) is 6.07 Å². The molecule has 1 fully saturated rings. The van der Waals surface area contributed by atoms with Gasteiger partial charge < -0.3 is 19.2 Å². The van der Waals surface area contributed by atoms with Gasteiger partial charge in [0.2, 0.25) is 0 Å². The average molecular weight is 237 g/mol. The number of carboxylic acids is 1. The molecule has 0 unspecified atom stereocenters. The standard InChI is InChI=1S/C13H19NO3/c1-2-11-10(8-12(17-11)13(15)16)9-14-6-4-3-5-7-14/h8H,2-7,9H2,1H3,(H,15,16). The summed E-state index contributed by atoms with van der Waals surface area (Å²) in [4.78, 5) is 12.3. The lowest BCUT2D eigenvalue weighted by molar-refractivity contribution is -0.918. The van der Waals surface area contributed by atoms with E-state index in [1.807, 2.05) is 6.92 Å². The number of nitrogens with one attached hydrogen (secondary N) is 1. The molecular formula is C13H19NO3. The molecule has 0 aromatic carbocycles. The fraction of sp³-hybridized carbons (Fsp3) is 0.615. The zero-order valence-electron chi connectivity index (χ0n) is 10.3. The molecule has 4 heteroatoms. The van der Waals surface area contributed by atoms with Crippen LogP contribution in [0, 0.1) is 0 Å². The molecule has 2 heterocycles. The predicted molar refractivity (Wildman–Crippen MR) is 60.7 cm³/mol. The lowest BCUT2D eigenvalue weighted by Gasteiger charge is -2.23. The lowest BCUT2D eigenvalue weighted by atomic mass is 10.1. The molecule has 1 saturated heterocycles. The summed E-state index contributed by atoms with van der Waals surface area (Å²) in [7, 11) is 0. The summed E-state index contributed by atoms with van der Waals surface area (Å²) >= 11 is 0.